The summed E-state index contributed by atoms with van der Waals surface area (Å²) in [6.07, 6.45) is 1.30. The number of benzene rings is 1. The van der Waals surface area contributed by atoms with E-state index in [-0.39, 0.29) is 35.9 Å². The van der Waals surface area contributed by atoms with Gasteiger partial charge in [-0.05, 0) is 70.0 Å². The Labute approximate surface area is 273 Å². The van der Waals surface area contributed by atoms with Crippen LogP contribution in [0.15, 0.2) is 86.9 Å². The highest BCUT2D eigenvalue weighted by Crippen LogP contribution is 2.32. The van der Waals surface area contributed by atoms with Gasteiger partial charge in [0.2, 0.25) is 29.7 Å². The van der Waals surface area contributed by atoms with Crippen molar-refractivity contribution < 1.29 is 22.0 Å². The Morgan fingerprint density at radius 2 is 1.11 bits per heavy atom. The fraction of sp³-hybridized carbons (Fsp3) is 0.306. The highest BCUT2D eigenvalue weighted by molar-refractivity contribution is 6.04. The SMILES string of the molecule is C.CC.CC1=C(F)N=C(c2ccc(N)nc2F)C1.CC1=NC(F)=C(c2ccc(C)cc2)C1.CC1=NC(F)=C(c2ccc(C)nc2F)C1. The third-order valence-electron chi connectivity index (χ3n) is 6.85. The van der Waals surface area contributed by atoms with Crippen molar-refractivity contribution in [2.24, 2.45) is 15.0 Å². The van der Waals surface area contributed by atoms with Crippen LogP contribution in [0.1, 0.15) is 89.3 Å². The first kappa shape index (κ1) is 38.4. The molecule has 0 radical (unpaired) electrons. The lowest BCUT2D eigenvalue weighted by Gasteiger charge is -2.03. The molecule has 0 bridgehead atoms. The van der Waals surface area contributed by atoms with E-state index in [1.165, 1.54) is 17.7 Å². The summed E-state index contributed by atoms with van der Waals surface area (Å²) in [6, 6.07) is 14.0. The van der Waals surface area contributed by atoms with Gasteiger partial charge in [0.1, 0.15) is 5.82 Å². The number of aryl methyl sites for hydroxylation is 2. The molecule has 11 heteroatoms. The van der Waals surface area contributed by atoms with E-state index in [1.807, 2.05) is 52.0 Å². The van der Waals surface area contributed by atoms with Crippen LogP contribution in [0.2, 0.25) is 0 Å². The summed E-state index contributed by atoms with van der Waals surface area (Å²) < 4.78 is 66.4. The maximum Gasteiger partial charge on any atom is 0.223 e. The molecule has 0 spiro atoms. The second-order valence-corrected chi connectivity index (χ2v) is 10.6. The molecule has 3 aromatic rings. The van der Waals surface area contributed by atoms with Gasteiger partial charge < -0.3 is 5.73 Å². The van der Waals surface area contributed by atoms with E-state index in [9.17, 15) is 22.0 Å². The minimum absolute atomic E-state index is 0. The molecule has 2 N–H and O–H groups in total. The number of rotatable bonds is 3. The first-order valence-electron chi connectivity index (χ1n) is 14.7. The van der Waals surface area contributed by atoms with Gasteiger partial charge in [0.15, 0.2) is 0 Å². The maximum absolute atomic E-state index is 13.4. The molecule has 5 heterocycles. The van der Waals surface area contributed by atoms with Crippen molar-refractivity contribution in [2.75, 3.05) is 5.73 Å². The smallest absolute Gasteiger partial charge is 0.223 e. The van der Waals surface area contributed by atoms with Gasteiger partial charge in [-0.15, -0.1) is 0 Å². The maximum atomic E-state index is 13.4. The van der Waals surface area contributed by atoms with Gasteiger partial charge in [0.05, 0.1) is 11.3 Å². The van der Waals surface area contributed by atoms with E-state index in [1.54, 1.807) is 32.9 Å². The van der Waals surface area contributed by atoms with Gasteiger partial charge in [0, 0.05) is 53.1 Å². The molecule has 1 aromatic carbocycles. The minimum Gasteiger partial charge on any atom is -0.384 e. The van der Waals surface area contributed by atoms with Crippen LogP contribution in [-0.4, -0.2) is 27.1 Å². The van der Waals surface area contributed by atoms with Crippen molar-refractivity contribution in [3.63, 3.8) is 0 Å². The first-order valence-corrected chi connectivity index (χ1v) is 14.7. The lowest BCUT2D eigenvalue weighted by Crippen LogP contribution is -2.05. The number of nitrogens with two attached hydrogens (primary N) is 1. The lowest BCUT2D eigenvalue weighted by atomic mass is 10.0. The fourth-order valence-corrected chi connectivity index (χ4v) is 4.54. The summed E-state index contributed by atoms with van der Waals surface area (Å²) in [5.41, 5.74) is 11.8. The molecule has 0 saturated heterocycles. The number of hydrogen-bond donors (Lipinski definition) is 1. The second-order valence-electron chi connectivity index (χ2n) is 10.6. The van der Waals surface area contributed by atoms with Gasteiger partial charge in [-0.2, -0.15) is 22.0 Å². The summed E-state index contributed by atoms with van der Waals surface area (Å²) in [5.74, 6) is -2.72. The molecular weight excluding hydrogens is 611 g/mol. The van der Waals surface area contributed by atoms with Crippen LogP contribution < -0.4 is 5.73 Å². The monoisotopic (exact) mass is 652 g/mol. The van der Waals surface area contributed by atoms with Crippen LogP contribution in [0.4, 0.5) is 27.8 Å². The Morgan fingerprint density at radius 3 is 1.57 bits per heavy atom. The molecule has 0 fully saturated rings. The third-order valence-corrected chi connectivity index (χ3v) is 6.85. The Hall–Kier alpha value is -4.80. The molecule has 0 saturated carbocycles. The van der Waals surface area contributed by atoms with E-state index in [0.29, 0.717) is 47.5 Å². The van der Waals surface area contributed by atoms with Crippen LogP contribution in [-0.2, 0) is 0 Å². The minimum atomic E-state index is -0.712. The number of anilines is 1. The molecule has 0 amide bonds. The van der Waals surface area contributed by atoms with Crippen molar-refractivity contribution in [3.05, 3.63) is 112 Å². The van der Waals surface area contributed by atoms with Crippen LogP contribution in [0.5, 0.6) is 0 Å². The zero-order chi connectivity index (χ0) is 34.1. The predicted octanol–water partition coefficient (Wildman–Crippen LogP) is 10.4. The van der Waals surface area contributed by atoms with Crippen LogP contribution in [0.3, 0.4) is 0 Å². The molecule has 3 aliphatic rings. The van der Waals surface area contributed by atoms with Crippen molar-refractivity contribution in [1.29, 1.82) is 0 Å². The average molecular weight is 653 g/mol. The standard InChI is InChI=1S/C12H12FN.C11H10F2N2.C10H9F2N3.C2H6.CH4/c1-8-3-5-10(6-4-8)11-7-9(2)14-12(11)13;1-6-3-4-8(10(12)14-6)9-5-7(2)15-11(9)13;1-5-4-7(14-9(5)11)6-2-3-8(13)15-10(6)12;1-2;/h3-6H,7H2,1-2H3;3-4H,5H2,1-2H3;2-3H,4H2,1H3,(H2,13,15);1-2H3;1H4. The molecule has 0 unspecified atom stereocenters. The Morgan fingerprint density at radius 1 is 0.574 bits per heavy atom. The molecule has 47 heavy (non-hydrogen) atoms. The zero-order valence-corrected chi connectivity index (χ0v) is 26.9. The second kappa shape index (κ2) is 17.2. The van der Waals surface area contributed by atoms with Crippen molar-refractivity contribution in [3.8, 4) is 0 Å². The molecular formula is C36H41F5N6. The molecule has 0 aliphatic carbocycles. The third kappa shape index (κ3) is 10.1. The fourth-order valence-electron chi connectivity index (χ4n) is 4.54. The Balaban J connectivity index is 0.000000236. The molecule has 6 nitrogen and oxygen atoms in total. The number of aliphatic imine (C=N–C) groups is 3. The predicted molar refractivity (Wildman–Crippen MR) is 183 cm³/mol. The quantitative estimate of drug-likeness (QED) is 0.173. The molecule has 6 rings (SSSR count). The summed E-state index contributed by atoms with van der Waals surface area (Å²) >= 11 is 0. The van der Waals surface area contributed by atoms with Gasteiger partial charge in [-0.3, -0.25) is 0 Å². The number of hydrogen-bond acceptors (Lipinski definition) is 6. The van der Waals surface area contributed by atoms with Gasteiger partial charge in [-0.1, -0.05) is 51.1 Å². The highest BCUT2D eigenvalue weighted by atomic mass is 19.1. The normalized spacial score (nSPS) is 15.0. The number of allylic oxidation sites excluding steroid dienone is 3. The number of aromatic nitrogens is 2. The van der Waals surface area contributed by atoms with E-state index in [4.69, 9.17) is 5.73 Å². The van der Waals surface area contributed by atoms with Gasteiger partial charge in [-0.25, -0.2) is 24.9 Å². The summed E-state index contributed by atoms with van der Waals surface area (Å²) in [7, 11) is 0. The molecule has 3 aliphatic heterocycles. The summed E-state index contributed by atoms with van der Waals surface area (Å²) in [5, 5.41) is 0. The molecule has 2 aromatic heterocycles. The number of nitrogen functional groups attached to an aromatic ring is 1. The van der Waals surface area contributed by atoms with E-state index in [0.717, 1.165) is 11.3 Å². The van der Waals surface area contributed by atoms with Gasteiger partial charge >= 0.3 is 0 Å². The van der Waals surface area contributed by atoms with E-state index in [2.05, 4.69) is 24.9 Å². The topological polar surface area (TPSA) is 88.9 Å². The largest absolute Gasteiger partial charge is 0.384 e. The number of halogens is 5. The van der Waals surface area contributed by atoms with Gasteiger partial charge in [0.25, 0.3) is 0 Å². The van der Waals surface area contributed by atoms with Crippen molar-refractivity contribution in [1.82, 2.24) is 9.97 Å². The van der Waals surface area contributed by atoms with Crippen LogP contribution >= 0.6 is 0 Å². The Kier molecular flexibility index (Phi) is 14.1. The lowest BCUT2D eigenvalue weighted by molar-refractivity contribution is 0.573. The summed E-state index contributed by atoms with van der Waals surface area (Å²) in [6.45, 7) is 12.9. The Bertz CT molecular complexity index is 1780. The number of nitrogens with zero attached hydrogens (tertiary/aromatic N) is 5. The summed E-state index contributed by atoms with van der Waals surface area (Å²) in [4.78, 5) is 18.2. The van der Waals surface area contributed by atoms with E-state index < -0.39 is 23.8 Å². The molecule has 0 atom stereocenters. The highest BCUT2D eigenvalue weighted by Gasteiger charge is 2.21. The van der Waals surface area contributed by atoms with Crippen LogP contribution in [0.25, 0.3) is 11.1 Å². The van der Waals surface area contributed by atoms with E-state index >= 15 is 0 Å². The van der Waals surface area contributed by atoms with Crippen molar-refractivity contribution >= 4 is 34.1 Å². The zero-order valence-electron chi connectivity index (χ0n) is 26.9. The number of pyridine rings is 2. The molecule has 250 valence electrons. The van der Waals surface area contributed by atoms with Crippen LogP contribution in [0, 0.1) is 25.7 Å². The van der Waals surface area contributed by atoms with Crippen molar-refractivity contribution in [2.45, 2.75) is 75.2 Å². The average Bonchev–Trinajstić information content (AvgIpc) is 3.64. The first-order chi connectivity index (χ1) is 21.8.